The highest BCUT2D eigenvalue weighted by Gasteiger charge is 2.05. The van der Waals surface area contributed by atoms with Crippen LogP contribution in [0.15, 0.2) is 41.0 Å². The SMILES string of the molecule is N=C(N)c1ccc(OCc2ccco2)c(Cl)c1. The number of benzene rings is 1. The van der Waals surface area contributed by atoms with Crippen molar-refractivity contribution in [2.24, 2.45) is 5.73 Å². The van der Waals surface area contributed by atoms with Crippen LogP contribution in [0.5, 0.6) is 5.75 Å². The van der Waals surface area contributed by atoms with Crippen LogP contribution < -0.4 is 10.5 Å². The number of furan rings is 1. The Morgan fingerprint density at radius 3 is 2.82 bits per heavy atom. The molecule has 0 aliphatic heterocycles. The summed E-state index contributed by atoms with van der Waals surface area (Å²) in [5, 5.41) is 7.70. The highest BCUT2D eigenvalue weighted by atomic mass is 35.5. The van der Waals surface area contributed by atoms with E-state index in [-0.39, 0.29) is 5.84 Å². The van der Waals surface area contributed by atoms with Crippen LogP contribution in [0.4, 0.5) is 0 Å². The van der Waals surface area contributed by atoms with Gasteiger partial charge in [0.1, 0.15) is 24.0 Å². The maximum absolute atomic E-state index is 7.28. The van der Waals surface area contributed by atoms with Crippen molar-refractivity contribution >= 4 is 17.4 Å². The first kappa shape index (κ1) is 11.5. The van der Waals surface area contributed by atoms with Crippen molar-refractivity contribution in [3.05, 3.63) is 52.9 Å². The molecule has 1 aromatic carbocycles. The lowest BCUT2D eigenvalue weighted by Crippen LogP contribution is -2.10. The molecular formula is C12H11ClN2O2. The number of nitrogen functional groups attached to an aromatic ring is 1. The molecule has 0 amide bonds. The minimum absolute atomic E-state index is 0.0236. The summed E-state index contributed by atoms with van der Waals surface area (Å²) in [5.74, 6) is 1.23. The number of nitrogens with two attached hydrogens (primary N) is 1. The topological polar surface area (TPSA) is 72.2 Å². The first-order chi connectivity index (χ1) is 8.16. The Kier molecular flexibility index (Phi) is 3.35. The average Bonchev–Trinajstić information content (AvgIpc) is 2.80. The van der Waals surface area contributed by atoms with Gasteiger partial charge in [0, 0.05) is 5.56 Å². The minimum atomic E-state index is -0.0236. The zero-order valence-electron chi connectivity index (χ0n) is 8.94. The molecule has 88 valence electrons. The van der Waals surface area contributed by atoms with Gasteiger partial charge in [-0.25, -0.2) is 0 Å². The molecule has 1 heterocycles. The molecule has 0 aliphatic rings. The fourth-order valence-electron chi connectivity index (χ4n) is 1.33. The summed E-state index contributed by atoms with van der Waals surface area (Å²) in [5.41, 5.74) is 5.92. The van der Waals surface area contributed by atoms with E-state index >= 15 is 0 Å². The van der Waals surface area contributed by atoms with E-state index < -0.39 is 0 Å². The first-order valence-corrected chi connectivity index (χ1v) is 5.34. The Bertz CT molecular complexity index is 523. The number of halogens is 1. The van der Waals surface area contributed by atoms with E-state index in [0.717, 1.165) is 5.76 Å². The molecule has 4 nitrogen and oxygen atoms in total. The predicted octanol–water partition coefficient (Wildman–Crippen LogP) is 2.80. The fraction of sp³-hybridized carbons (Fsp3) is 0.0833. The third-order valence-electron chi connectivity index (χ3n) is 2.19. The molecule has 1 aromatic heterocycles. The van der Waals surface area contributed by atoms with Crippen LogP contribution in [0.2, 0.25) is 5.02 Å². The number of hydrogen-bond acceptors (Lipinski definition) is 3. The Labute approximate surface area is 103 Å². The molecular weight excluding hydrogens is 240 g/mol. The normalized spacial score (nSPS) is 10.2. The molecule has 0 atom stereocenters. The summed E-state index contributed by atoms with van der Waals surface area (Å²) < 4.78 is 10.6. The van der Waals surface area contributed by atoms with Crippen molar-refractivity contribution < 1.29 is 9.15 Å². The number of nitrogens with one attached hydrogen (secondary N) is 1. The Balaban J connectivity index is 2.09. The van der Waals surface area contributed by atoms with Gasteiger partial charge in [-0.3, -0.25) is 5.41 Å². The van der Waals surface area contributed by atoms with Crippen LogP contribution >= 0.6 is 11.6 Å². The lowest BCUT2D eigenvalue weighted by molar-refractivity contribution is 0.270. The Hall–Kier alpha value is -1.94. The van der Waals surface area contributed by atoms with Crippen molar-refractivity contribution in [2.45, 2.75) is 6.61 Å². The van der Waals surface area contributed by atoms with Crippen LogP contribution in [0.25, 0.3) is 0 Å². The van der Waals surface area contributed by atoms with Crippen LogP contribution in [0.1, 0.15) is 11.3 Å². The summed E-state index contributed by atoms with van der Waals surface area (Å²) in [4.78, 5) is 0. The van der Waals surface area contributed by atoms with Crippen LogP contribution in [-0.2, 0) is 6.61 Å². The van der Waals surface area contributed by atoms with E-state index in [1.54, 1.807) is 30.5 Å². The standard InChI is InChI=1S/C12H11ClN2O2/c13-10-6-8(12(14)15)3-4-11(10)17-7-9-2-1-5-16-9/h1-6H,7H2,(H3,14,15). The van der Waals surface area contributed by atoms with Gasteiger partial charge in [0.25, 0.3) is 0 Å². The number of hydrogen-bond donors (Lipinski definition) is 2. The van der Waals surface area contributed by atoms with Gasteiger partial charge < -0.3 is 14.9 Å². The smallest absolute Gasteiger partial charge is 0.146 e. The van der Waals surface area contributed by atoms with Crippen molar-refractivity contribution in [1.82, 2.24) is 0 Å². The molecule has 17 heavy (non-hydrogen) atoms. The van der Waals surface area contributed by atoms with E-state index in [1.807, 2.05) is 6.07 Å². The summed E-state index contributed by atoms with van der Waals surface area (Å²) in [6.07, 6.45) is 1.58. The van der Waals surface area contributed by atoms with Gasteiger partial charge in [-0.15, -0.1) is 0 Å². The van der Waals surface area contributed by atoms with Crippen molar-refractivity contribution in [3.63, 3.8) is 0 Å². The second-order valence-electron chi connectivity index (χ2n) is 3.43. The number of amidine groups is 1. The molecule has 0 bridgehead atoms. The number of rotatable bonds is 4. The third-order valence-corrected chi connectivity index (χ3v) is 2.49. The van der Waals surface area contributed by atoms with Crippen molar-refractivity contribution in [2.75, 3.05) is 0 Å². The highest BCUT2D eigenvalue weighted by Crippen LogP contribution is 2.26. The van der Waals surface area contributed by atoms with Crippen molar-refractivity contribution in [1.29, 1.82) is 5.41 Å². The zero-order chi connectivity index (χ0) is 12.3. The van der Waals surface area contributed by atoms with Gasteiger partial charge in [-0.05, 0) is 30.3 Å². The van der Waals surface area contributed by atoms with Gasteiger partial charge in [-0.1, -0.05) is 11.6 Å². The Morgan fingerprint density at radius 1 is 1.41 bits per heavy atom. The van der Waals surface area contributed by atoms with Gasteiger partial charge in [0.2, 0.25) is 0 Å². The molecule has 0 saturated heterocycles. The van der Waals surface area contributed by atoms with E-state index in [1.165, 1.54) is 0 Å². The third kappa shape index (κ3) is 2.79. The van der Waals surface area contributed by atoms with E-state index in [0.29, 0.717) is 22.9 Å². The molecule has 0 spiro atoms. The molecule has 5 heteroatoms. The second kappa shape index (κ2) is 4.93. The van der Waals surface area contributed by atoms with Gasteiger partial charge >= 0.3 is 0 Å². The van der Waals surface area contributed by atoms with Gasteiger partial charge in [-0.2, -0.15) is 0 Å². The highest BCUT2D eigenvalue weighted by molar-refractivity contribution is 6.32. The zero-order valence-corrected chi connectivity index (χ0v) is 9.70. The van der Waals surface area contributed by atoms with Gasteiger partial charge in [0.15, 0.2) is 0 Å². The predicted molar refractivity (Wildman–Crippen MR) is 65.5 cm³/mol. The summed E-state index contributed by atoms with van der Waals surface area (Å²) in [7, 11) is 0. The fourth-order valence-corrected chi connectivity index (χ4v) is 1.56. The molecule has 3 N–H and O–H groups in total. The largest absolute Gasteiger partial charge is 0.484 e. The van der Waals surface area contributed by atoms with Crippen molar-refractivity contribution in [3.8, 4) is 5.75 Å². The maximum Gasteiger partial charge on any atom is 0.146 e. The summed E-state index contributed by atoms with van der Waals surface area (Å²) in [6.45, 7) is 0.312. The quantitative estimate of drug-likeness (QED) is 0.647. The van der Waals surface area contributed by atoms with E-state index in [4.69, 9.17) is 31.9 Å². The Morgan fingerprint density at radius 2 is 2.24 bits per heavy atom. The summed E-state index contributed by atoms with van der Waals surface area (Å²) in [6, 6.07) is 8.58. The van der Waals surface area contributed by atoms with Crippen LogP contribution in [-0.4, -0.2) is 5.84 Å². The molecule has 0 fully saturated rings. The monoisotopic (exact) mass is 250 g/mol. The van der Waals surface area contributed by atoms with E-state index in [9.17, 15) is 0 Å². The minimum Gasteiger partial charge on any atom is -0.484 e. The molecule has 0 radical (unpaired) electrons. The first-order valence-electron chi connectivity index (χ1n) is 4.96. The molecule has 0 aliphatic carbocycles. The lowest BCUT2D eigenvalue weighted by Gasteiger charge is -2.07. The lowest BCUT2D eigenvalue weighted by atomic mass is 10.2. The molecule has 2 rings (SSSR count). The molecule has 0 unspecified atom stereocenters. The van der Waals surface area contributed by atoms with Crippen LogP contribution in [0.3, 0.4) is 0 Å². The second-order valence-corrected chi connectivity index (χ2v) is 3.83. The maximum atomic E-state index is 7.28. The molecule has 0 saturated carbocycles. The summed E-state index contributed by atoms with van der Waals surface area (Å²) >= 11 is 6.01. The number of ether oxygens (including phenoxy) is 1. The van der Waals surface area contributed by atoms with E-state index in [2.05, 4.69) is 0 Å². The van der Waals surface area contributed by atoms with Gasteiger partial charge in [0.05, 0.1) is 11.3 Å². The van der Waals surface area contributed by atoms with Crippen LogP contribution in [0, 0.1) is 5.41 Å². The average molecular weight is 251 g/mol. The molecule has 2 aromatic rings.